The van der Waals surface area contributed by atoms with Gasteiger partial charge >= 0.3 is 0 Å². The Bertz CT molecular complexity index is 1170. The average molecular weight is 383 g/mol. The molecule has 1 aliphatic heterocycles. The van der Waals surface area contributed by atoms with Gasteiger partial charge in [0.25, 0.3) is 0 Å². The minimum Gasteiger partial charge on any atom is -0.472 e. The molecule has 2 aromatic heterocycles. The van der Waals surface area contributed by atoms with Crippen LogP contribution >= 0.6 is 0 Å². The van der Waals surface area contributed by atoms with Crippen LogP contribution in [0.3, 0.4) is 0 Å². The lowest BCUT2D eigenvalue weighted by molar-refractivity contribution is 0.205. The van der Waals surface area contributed by atoms with Crippen molar-refractivity contribution in [2.75, 3.05) is 18.1 Å². The molecule has 1 fully saturated rings. The first kappa shape index (κ1) is 17.5. The van der Waals surface area contributed by atoms with Crippen molar-refractivity contribution in [1.82, 2.24) is 15.2 Å². The van der Waals surface area contributed by atoms with Crippen molar-refractivity contribution < 1.29 is 4.42 Å². The molecule has 3 heterocycles. The SMILES string of the molecule is N#Cc1ccc(N2CCCCN2Cc2cn[nH]c2-c2ccoc2)c2ccccc12. The van der Waals surface area contributed by atoms with Crippen LogP contribution in [0.2, 0.25) is 0 Å². The maximum Gasteiger partial charge on any atom is 0.0998 e. The highest BCUT2D eigenvalue weighted by Gasteiger charge is 2.24. The topological polar surface area (TPSA) is 72.1 Å². The van der Waals surface area contributed by atoms with Crippen LogP contribution in [0.25, 0.3) is 22.0 Å². The molecule has 0 spiro atoms. The number of benzene rings is 2. The lowest BCUT2D eigenvalue weighted by Gasteiger charge is -2.41. The number of nitrogens with zero attached hydrogens (tertiary/aromatic N) is 4. The van der Waals surface area contributed by atoms with Crippen LogP contribution in [0.5, 0.6) is 0 Å². The van der Waals surface area contributed by atoms with Crippen molar-refractivity contribution in [3.05, 3.63) is 72.3 Å². The first-order valence-electron chi connectivity index (χ1n) is 9.84. The highest BCUT2D eigenvalue weighted by molar-refractivity contribution is 5.97. The van der Waals surface area contributed by atoms with Gasteiger partial charge in [0.1, 0.15) is 0 Å². The summed E-state index contributed by atoms with van der Waals surface area (Å²) in [7, 11) is 0. The molecule has 0 amide bonds. The minimum absolute atomic E-state index is 0.713. The standard InChI is InChI=1S/C23H21N5O/c24-13-17-7-8-22(21-6-2-1-5-20(17)21)28-11-4-3-10-27(28)15-19-14-25-26-23(19)18-9-12-29-16-18/h1-2,5-9,12,14,16H,3-4,10-11,15H2,(H,25,26). The first-order chi connectivity index (χ1) is 14.3. The zero-order chi connectivity index (χ0) is 19.6. The van der Waals surface area contributed by atoms with Gasteiger partial charge in [-0.05, 0) is 31.0 Å². The van der Waals surface area contributed by atoms with E-state index < -0.39 is 0 Å². The molecule has 29 heavy (non-hydrogen) atoms. The van der Waals surface area contributed by atoms with E-state index in [9.17, 15) is 5.26 Å². The molecule has 2 aromatic carbocycles. The first-order valence-corrected chi connectivity index (χ1v) is 9.84. The summed E-state index contributed by atoms with van der Waals surface area (Å²) in [6.45, 7) is 2.68. The number of hydrogen-bond donors (Lipinski definition) is 1. The van der Waals surface area contributed by atoms with Crippen molar-refractivity contribution in [3.63, 3.8) is 0 Å². The lowest BCUT2D eigenvalue weighted by Crippen LogP contribution is -2.47. The molecular weight excluding hydrogens is 362 g/mol. The molecule has 0 aliphatic carbocycles. The summed E-state index contributed by atoms with van der Waals surface area (Å²) in [5.41, 5.74) is 4.99. The monoisotopic (exact) mass is 383 g/mol. The van der Waals surface area contributed by atoms with Crippen molar-refractivity contribution >= 4 is 16.5 Å². The Balaban J connectivity index is 1.52. The Kier molecular flexibility index (Phi) is 4.51. The number of rotatable bonds is 4. The number of anilines is 1. The summed E-state index contributed by atoms with van der Waals surface area (Å²) in [6, 6.07) is 16.4. The van der Waals surface area contributed by atoms with Gasteiger partial charge in [-0.2, -0.15) is 10.4 Å². The smallest absolute Gasteiger partial charge is 0.0998 e. The Morgan fingerprint density at radius 1 is 1.07 bits per heavy atom. The Hall–Kier alpha value is -3.56. The summed E-state index contributed by atoms with van der Waals surface area (Å²) in [4.78, 5) is 0. The predicted octanol–water partition coefficient (Wildman–Crippen LogP) is 4.71. The quantitative estimate of drug-likeness (QED) is 0.552. The third-order valence-electron chi connectivity index (χ3n) is 5.56. The van der Waals surface area contributed by atoms with Crippen molar-refractivity contribution in [1.29, 1.82) is 5.26 Å². The van der Waals surface area contributed by atoms with Crippen LogP contribution in [0.4, 0.5) is 5.69 Å². The minimum atomic E-state index is 0.713. The second-order valence-electron chi connectivity index (χ2n) is 7.29. The lowest BCUT2D eigenvalue weighted by atomic mass is 10.0. The number of nitrogens with one attached hydrogen (secondary N) is 1. The van der Waals surface area contributed by atoms with E-state index in [4.69, 9.17) is 4.42 Å². The highest BCUT2D eigenvalue weighted by atomic mass is 16.3. The molecule has 0 bridgehead atoms. The van der Waals surface area contributed by atoms with Crippen LogP contribution in [0.1, 0.15) is 24.0 Å². The summed E-state index contributed by atoms with van der Waals surface area (Å²) in [5, 5.41) is 23.7. The molecule has 1 saturated heterocycles. The zero-order valence-electron chi connectivity index (χ0n) is 16.0. The third kappa shape index (κ3) is 3.16. The van der Waals surface area contributed by atoms with Gasteiger partial charge < -0.3 is 9.43 Å². The fraction of sp³-hybridized carbons (Fsp3) is 0.217. The van der Waals surface area contributed by atoms with E-state index >= 15 is 0 Å². The summed E-state index contributed by atoms with van der Waals surface area (Å²) in [6.07, 6.45) is 7.61. The number of furan rings is 1. The number of aromatic nitrogens is 2. The van der Waals surface area contributed by atoms with Gasteiger partial charge in [0.2, 0.25) is 0 Å². The molecule has 4 aromatic rings. The molecule has 0 saturated carbocycles. The Morgan fingerprint density at radius 2 is 1.93 bits per heavy atom. The fourth-order valence-electron chi connectivity index (χ4n) is 4.15. The average Bonchev–Trinajstić information content (AvgIpc) is 3.45. The number of nitriles is 1. The molecule has 1 aliphatic rings. The fourth-order valence-corrected chi connectivity index (χ4v) is 4.15. The highest BCUT2D eigenvalue weighted by Crippen LogP contribution is 2.33. The molecule has 6 nitrogen and oxygen atoms in total. The molecular formula is C23H21N5O. The molecule has 6 heteroatoms. The Labute approximate surface area is 168 Å². The number of hydrazine groups is 1. The summed E-state index contributed by atoms with van der Waals surface area (Å²) < 4.78 is 5.25. The van der Waals surface area contributed by atoms with E-state index in [0.29, 0.717) is 5.56 Å². The normalized spacial score (nSPS) is 14.9. The summed E-state index contributed by atoms with van der Waals surface area (Å²) >= 11 is 0. The van der Waals surface area contributed by atoms with Crippen molar-refractivity contribution in [2.45, 2.75) is 19.4 Å². The van der Waals surface area contributed by atoms with E-state index in [1.165, 1.54) is 0 Å². The van der Waals surface area contributed by atoms with Gasteiger partial charge in [0.15, 0.2) is 0 Å². The third-order valence-corrected chi connectivity index (χ3v) is 5.56. The van der Waals surface area contributed by atoms with Crippen LogP contribution in [0, 0.1) is 11.3 Å². The van der Waals surface area contributed by atoms with Crippen LogP contribution in [-0.2, 0) is 6.54 Å². The van der Waals surface area contributed by atoms with Gasteiger partial charge in [-0.1, -0.05) is 24.3 Å². The van der Waals surface area contributed by atoms with Gasteiger partial charge in [-0.15, -0.1) is 0 Å². The van der Waals surface area contributed by atoms with E-state index in [0.717, 1.165) is 65.8 Å². The predicted molar refractivity (Wildman–Crippen MR) is 112 cm³/mol. The second-order valence-corrected chi connectivity index (χ2v) is 7.29. The molecule has 1 N–H and O–H groups in total. The van der Waals surface area contributed by atoms with E-state index in [2.05, 4.69) is 38.4 Å². The number of fused-ring (bicyclic) bond motifs is 1. The second kappa shape index (κ2) is 7.46. The maximum atomic E-state index is 9.49. The van der Waals surface area contributed by atoms with Gasteiger partial charge in [-0.25, -0.2) is 5.01 Å². The Morgan fingerprint density at radius 3 is 2.76 bits per heavy atom. The van der Waals surface area contributed by atoms with Crippen LogP contribution in [-0.4, -0.2) is 28.3 Å². The number of hydrogen-bond acceptors (Lipinski definition) is 5. The number of aromatic amines is 1. The molecule has 0 unspecified atom stereocenters. The molecule has 5 rings (SSSR count). The molecule has 0 radical (unpaired) electrons. The van der Waals surface area contributed by atoms with Gasteiger partial charge in [0, 0.05) is 41.5 Å². The maximum absolute atomic E-state index is 9.49. The summed E-state index contributed by atoms with van der Waals surface area (Å²) in [5.74, 6) is 0. The van der Waals surface area contributed by atoms with E-state index in [1.54, 1.807) is 12.5 Å². The van der Waals surface area contributed by atoms with Crippen molar-refractivity contribution in [3.8, 4) is 17.3 Å². The largest absolute Gasteiger partial charge is 0.472 e. The molecule has 0 atom stereocenters. The molecule has 144 valence electrons. The van der Waals surface area contributed by atoms with E-state index in [-0.39, 0.29) is 0 Å². The van der Waals surface area contributed by atoms with Gasteiger partial charge in [0.05, 0.1) is 41.7 Å². The van der Waals surface area contributed by atoms with Crippen molar-refractivity contribution in [2.24, 2.45) is 0 Å². The number of H-pyrrole nitrogens is 1. The zero-order valence-corrected chi connectivity index (χ0v) is 16.0. The van der Waals surface area contributed by atoms with Crippen LogP contribution < -0.4 is 5.01 Å². The van der Waals surface area contributed by atoms with Gasteiger partial charge in [-0.3, -0.25) is 5.10 Å². The van der Waals surface area contributed by atoms with E-state index in [1.807, 2.05) is 36.5 Å². The van der Waals surface area contributed by atoms with Crippen LogP contribution in [0.15, 0.2) is 65.6 Å².